The number of carbonyl (C=O) groups excluding carboxylic acids is 2. The molecule has 0 aliphatic carbocycles. The van der Waals surface area contributed by atoms with Crippen LogP contribution in [0.2, 0.25) is 0 Å². The van der Waals surface area contributed by atoms with Crippen molar-refractivity contribution in [3.63, 3.8) is 0 Å². The lowest BCUT2D eigenvalue weighted by Gasteiger charge is -2.20. The van der Waals surface area contributed by atoms with E-state index in [2.05, 4.69) is 11.7 Å². The van der Waals surface area contributed by atoms with Gasteiger partial charge in [-0.05, 0) is 61.9 Å². The molecule has 0 heterocycles. The van der Waals surface area contributed by atoms with Crippen molar-refractivity contribution >= 4 is 30.4 Å². The Morgan fingerprint density at radius 1 is 0.966 bits per heavy atom. The summed E-state index contributed by atoms with van der Waals surface area (Å²) >= 11 is 0. The highest BCUT2D eigenvalue weighted by molar-refractivity contribution is 5.87. The summed E-state index contributed by atoms with van der Waals surface area (Å²) in [6.45, 7) is 9.16. The van der Waals surface area contributed by atoms with Gasteiger partial charge in [-0.25, -0.2) is 4.79 Å². The smallest absolute Gasteiger partial charge is 0.330 e. The van der Waals surface area contributed by atoms with Gasteiger partial charge in [-0.1, -0.05) is 43.3 Å². The third kappa shape index (κ3) is 6.71. The molecule has 152 valence electrons. The quantitative estimate of drug-likeness (QED) is 0.253. The predicted molar refractivity (Wildman–Crippen MR) is 116 cm³/mol. The largest absolute Gasteiger partial charge is 0.462 e. The average molecular weight is 393 g/mol. The summed E-state index contributed by atoms with van der Waals surface area (Å²) in [4.78, 5) is 27.5. The molecule has 0 spiro atoms. The third-order valence-electron chi connectivity index (χ3n) is 4.70. The SMILES string of the molecule is C=Nc1ccc(-c2ccc(C=CC(=O)OCCOC(=O)C(C)(C)CC)cc2)cc1. The number of ether oxygens (including phenoxy) is 2. The lowest BCUT2D eigenvalue weighted by molar-refractivity contribution is -0.157. The number of rotatable bonds is 9. The van der Waals surface area contributed by atoms with E-state index in [0.717, 1.165) is 22.4 Å². The van der Waals surface area contributed by atoms with E-state index in [1.807, 2.05) is 69.3 Å². The van der Waals surface area contributed by atoms with Crippen LogP contribution >= 0.6 is 0 Å². The van der Waals surface area contributed by atoms with Gasteiger partial charge in [0.2, 0.25) is 0 Å². The molecule has 0 bridgehead atoms. The average Bonchev–Trinajstić information content (AvgIpc) is 2.75. The van der Waals surface area contributed by atoms with Crippen LogP contribution in [0.15, 0.2) is 59.6 Å². The van der Waals surface area contributed by atoms with Gasteiger partial charge in [0.15, 0.2) is 0 Å². The molecule has 2 aromatic carbocycles. The summed E-state index contributed by atoms with van der Waals surface area (Å²) in [5.41, 5.74) is 3.33. The van der Waals surface area contributed by atoms with Gasteiger partial charge in [-0.3, -0.25) is 9.79 Å². The maximum Gasteiger partial charge on any atom is 0.330 e. The van der Waals surface area contributed by atoms with Crippen molar-refractivity contribution in [1.82, 2.24) is 0 Å². The Hall–Kier alpha value is -3.21. The Morgan fingerprint density at radius 2 is 1.52 bits per heavy atom. The molecule has 0 unspecified atom stereocenters. The van der Waals surface area contributed by atoms with Crippen molar-refractivity contribution in [3.05, 3.63) is 60.2 Å². The fraction of sp³-hybridized carbons (Fsp3) is 0.292. The summed E-state index contributed by atoms with van der Waals surface area (Å²) in [6.07, 6.45) is 3.73. The second kappa shape index (κ2) is 10.4. The fourth-order valence-corrected chi connectivity index (χ4v) is 2.37. The molecule has 0 aromatic heterocycles. The van der Waals surface area contributed by atoms with Crippen LogP contribution in [0.3, 0.4) is 0 Å². The topological polar surface area (TPSA) is 65.0 Å². The van der Waals surface area contributed by atoms with Crippen LogP contribution in [0.5, 0.6) is 0 Å². The maximum absolute atomic E-state index is 11.8. The Labute approximate surface area is 172 Å². The van der Waals surface area contributed by atoms with Crippen LogP contribution in [0.25, 0.3) is 17.2 Å². The maximum atomic E-state index is 11.8. The monoisotopic (exact) mass is 393 g/mol. The van der Waals surface area contributed by atoms with Crippen LogP contribution in [-0.2, 0) is 19.1 Å². The molecule has 0 N–H and O–H groups in total. The minimum absolute atomic E-state index is 0.0310. The van der Waals surface area contributed by atoms with Crippen LogP contribution in [-0.4, -0.2) is 31.9 Å². The van der Waals surface area contributed by atoms with Crippen LogP contribution in [0, 0.1) is 5.41 Å². The minimum Gasteiger partial charge on any atom is -0.462 e. The van der Waals surface area contributed by atoms with E-state index in [9.17, 15) is 9.59 Å². The molecule has 29 heavy (non-hydrogen) atoms. The van der Waals surface area contributed by atoms with Crippen molar-refractivity contribution < 1.29 is 19.1 Å². The first kappa shape index (κ1) is 22.1. The van der Waals surface area contributed by atoms with E-state index in [1.165, 1.54) is 6.08 Å². The number of carbonyl (C=O) groups is 2. The fourth-order valence-electron chi connectivity index (χ4n) is 2.37. The van der Waals surface area contributed by atoms with Crippen molar-refractivity contribution in [3.8, 4) is 11.1 Å². The lowest BCUT2D eigenvalue weighted by atomic mass is 9.91. The van der Waals surface area contributed by atoms with Gasteiger partial charge < -0.3 is 9.47 Å². The molecule has 0 aliphatic heterocycles. The molecule has 0 amide bonds. The summed E-state index contributed by atoms with van der Waals surface area (Å²) in [7, 11) is 0. The van der Waals surface area contributed by atoms with Gasteiger partial charge in [0.1, 0.15) is 13.2 Å². The first-order valence-electron chi connectivity index (χ1n) is 9.55. The highest BCUT2D eigenvalue weighted by atomic mass is 16.6. The van der Waals surface area contributed by atoms with E-state index in [1.54, 1.807) is 6.08 Å². The first-order chi connectivity index (χ1) is 13.9. The number of hydrogen-bond donors (Lipinski definition) is 0. The zero-order valence-corrected chi connectivity index (χ0v) is 17.2. The van der Waals surface area contributed by atoms with Gasteiger partial charge in [-0.15, -0.1) is 0 Å². The normalized spacial score (nSPS) is 11.3. The van der Waals surface area contributed by atoms with E-state index in [4.69, 9.17) is 9.47 Å². The van der Waals surface area contributed by atoms with Crippen molar-refractivity contribution in [1.29, 1.82) is 0 Å². The van der Waals surface area contributed by atoms with Crippen molar-refractivity contribution in [2.45, 2.75) is 27.2 Å². The number of nitrogens with zero attached hydrogens (tertiary/aromatic N) is 1. The van der Waals surface area contributed by atoms with Crippen LogP contribution in [0.1, 0.15) is 32.8 Å². The molecule has 2 aromatic rings. The van der Waals surface area contributed by atoms with Crippen LogP contribution in [0.4, 0.5) is 5.69 Å². The molecule has 5 heteroatoms. The summed E-state index contributed by atoms with van der Waals surface area (Å²) in [5, 5.41) is 0. The Morgan fingerprint density at radius 3 is 2.07 bits per heavy atom. The number of esters is 2. The van der Waals surface area contributed by atoms with Gasteiger partial charge in [-0.2, -0.15) is 0 Å². The van der Waals surface area contributed by atoms with Crippen LogP contribution < -0.4 is 0 Å². The molecular weight excluding hydrogens is 366 g/mol. The molecule has 0 aliphatic rings. The van der Waals surface area contributed by atoms with Crippen molar-refractivity contribution in [2.24, 2.45) is 10.4 Å². The van der Waals surface area contributed by atoms with Gasteiger partial charge >= 0.3 is 11.9 Å². The molecule has 0 fully saturated rings. The van der Waals surface area contributed by atoms with E-state index < -0.39 is 11.4 Å². The third-order valence-corrected chi connectivity index (χ3v) is 4.70. The van der Waals surface area contributed by atoms with Gasteiger partial charge in [0.25, 0.3) is 0 Å². The van der Waals surface area contributed by atoms with E-state index in [-0.39, 0.29) is 19.2 Å². The summed E-state index contributed by atoms with van der Waals surface area (Å²) in [5.74, 6) is -0.769. The first-order valence-corrected chi connectivity index (χ1v) is 9.55. The highest BCUT2D eigenvalue weighted by Gasteiger charge is 2.26. The number of benzene rings is 2. The molecule has 0 saturated carbocycles. The minimum atomic E-state index is -0.527. The number of aliphatic imine (C=N–C) groups is 1. The van der Waals surface area contributed by atoms with E-state index in [0.29, 0.717) is 6.42 Å². The lowest BCUT2D eigenvalue weighted by Crippen LogP contribution is -2.27. The Balaban J connectivity index is 1.81. The molecule has 5 nitrogen and oxygen atoms in total. The number of hydrogen-bond acceptors (Lipinski definition) is 5. The molecule has 2 rings (SSSR count). The molecule has 0 radical (unpaired) electrons. The Bertz CT molecular complexity index is 865. The molecule has 0 saturated heterocycles. The zero-order chi connectivity index (χ0) is 21.3. The van der Waals surface area contributed by atoms with Gasteiger partial charge in [0, 0.05) is 6.08 Å². The standard InChI is InChI=1S/C24H27NO4/c1-5-24(2,3)23(27)29-17-16-28-22(26)15-8-18-6-9-19(10-7-18)20-11-13-21(25-4)14-12-20/h6-15H,4-5,16-17H2,1-3H3. The van der Waals surface area contributed by atoms with Gasteiger partial charge in [0.05, 0.1) is 11.1 Å². The second-order valence-corrected chi connectivity index (χ2v) is 7.20. The summed E-state index contributed by atoms with van der Waals surface area (Å²) < 4.78 is 10.2. The zero-order valence-electron chi connectivity index (χ0n) is 17.2. The highest BCUT2D eigenvalue weighted by Crippen LogP contribution is 2.23. The molecular formula is C24H27NO4. The summed E-state index contributed by atoms with van der Waals surface area (Å²) in [6, 6.07) is 15.6. The second-order valence-electron chi connectivity index (χ2n) is 7.20. The van der Waals surface area contributed by atoms with Crippen molar-refractivity contribution in [2.75, 3.05) is 13.2 Å². The molecule has 0 atom stereocenters. The van der Waals surface area contributed by atoms with E-state index >= 15 is 0 Å². The predicted octanol–water partition coefficient (Wildman–Crippen LogP) is 5.22. The Kier molecular flexibility index (Phi) is 7.89.